The van der Waals surface area contributed by atoms with Gasteiger partial charge in [-0.2, -0.15) is 0 Å². The molecule has 0 aliphatic heterocycles. The molecule has 0 aliphatic rings. The number of esters is 1. The van der Waals surface area contributed by atoms with Crippen molar-refractivity contribution in [2.24, 2.45) is 0 Å². The van der Waals surface area contributed by atoms with Gasteiger partial charge in [0.15, 0.2) is 0 Å². The Morgan fingerprint density at radius 3 is 2.58 bits per heavy atom. The molecule has 1 atom stereocenters. The molecule has 0 aromatic heterocycles. The molecule has 1 aromatic rings. The molecule has 0 aliphatic carbocycles. The van der Waals surface area contributed by atoms with Gasteiger partial charge in [-0.25, -0.2) is 0 Å². The molecule has 0 saturated heterocycles. The third kappa shape index (κ3) is 5.85. The van der Waals surface area contributed by atoms with Crippen LogP contribution in [-0.4, -0.2) is 24.8 Å². The summed E-state index contributed by atoms with van der Waals surface area (Å²) in [5.74, 6) is -0.253. The SMILES string of the molecule is CCCOC(=O)CCC(O)c1ccc(COC)cc1. The Hall–Kier alpha value is -1.39. The Balaban J connectivity index is 2.40. The van der Waals surface area contributed by atoms with E-state index in [0.29, 0.717) is 19.6 Å². The summed E-state index contributed by atoms with van der Waals surface area (Å²) in [7, 11) is 1.64. The van der Waals surface area contributed by atoms with Gasteiger partial charge in [0, 0.05) is 13.5 Å². The van der Waals surface area contributed by atoms with Gasteiger partial charge in [0.05, 0.1) is 19.3 Å². The minimum absolute atomic E-state index is 0.237. The lowest BCUT2D eigenvalue weighted by molar-refractivity contribution is -0.144. The van der Waals surface area contributed by atoms with Gasteiger partial charge in [0.2, 0.25) is 0 Å². The average molecular weight is 266 g/mol. The minimum Gasteiger partial charge on any atom is -0.466 e. The van der Waals surface area contributed by atoms with E-state index >= 15 is 0 Å². The number of carbonyl (C=O) groups is 1. The van der Waals surface area contributed by atoms with Gasteiger partial charge in [-0.15, -0.1) is 0 Å². The number of ether oxygens (including phenoxy) is 2. The summed E-state index contributed by atoms with van der Waals surface area (Å²) in [6, 6.07) is 7.54. The van der Waals surface area contributed by atoms with Crippen LogP contribution in [-0.2, 0) is 20.9 Å². The van der Waals surface area contributed by atoms with Crippen LogP contribution in [0, 0.1) is 0 Å². The second kappa shape index (κ2) is 8.67. The average Bonchev–Trinajstić information content (AvgIpc) is 2.43. The predicted octanol–water partition coefficient (Wildman–Crippen LogP) is 2.60. The van der Waals surface area contributed by atoms with E-state index in [1.54, 1.807) is 7.11 Å². The minimum atomic E-state index is -0.634. The third-order valence-corrected chi connectivity index (χ3v) is 2.76. The molecule has 1 rings (SSSR count). The maximum absolute atomic E-state index is 11.3. The van der Waals surface area contributed by atoms with Crippen molar-refractivity contribution in [3.63, 3.8) is 0 Å². The van der Waals surface area contributed by atoms with E-state index in [1.165, 1.54) is 0 Å². The first-order chi connectivity index (χ1) is 9.17. The van der Waals surface area contributed by atoms with Gasteiger partial charge in [0.25, 0.3) is 0 Å². The van der Waals surface area contributed by atoms with Gasteiger partial charge < -0.3 is 14.6 Å². The number of benzene rings is 1. The molecular weight excluding hydrogens is 244 g/mol. The summed E-state index contributed by atoms with van der Waals surface area (Å²) in [4.78, 5) is 11.3. The normalized spacial score (nSPS) is 12.2. The zero-order valence-electron chi connectivity index (χ0n) is 11.6. The third-order valence-electron chi connectivity index (χ3n) is 2.76. The zero-order valence-corrected chi connectivity index (χ0v) is 11.6. The van der Waals surface area contributed by atoms with Crippen molar-refractivity contribution in [3.8, 4) is 0 Å². The van der Waals surface area contributed by atoms with Gasteiger partial charge >= 0.3 is 5.97 Å². The molecule has 4 nitrogen and oxygen atoms in total. The zero-order chi connectivity index (χ0) is 14.1. The maximum Gasteiger partial charge on any atom is 0.305 e. The first-order valence-corrected chi connectivity index (χ1v) is 6.58. The summed E-state index contributed by atoms with van der Waals surface area (Å²) in [6.07, 6.45) is 0.799. The largest absolute Gasteiger partial charge is 0.466 e. The molecule has 19 heavy (non-hydrogen) atoms. The summed E-state index contributed by atoms with van der Waals surface area (Å²) in [5.41, 5.74) is 1.86. The number of carbonyl (C=O) groups excluding carboxylic acids is 1. The van der Waals surface area contributed by atoms with Gasteiger partial charge in [-0.3, -0.25) is 4.79 Å². The van der Waals surface area contributed by atoms with E-state index in [9.17, 15) is 9.90 Å². The second-order valence-electron chi connectivity index (χ2n) is 4.45. The summed E-state index contributed by atoms with van der Waals surface area (Å²) in [6.45, 7) is 2.95. The van der Waals surface area contributed by atoms with Crippen molar-refractivity contribution in [1.29, 1.82) is 0 Å². The fourth-order valence-electron chi connectivity index (χ4n) is 1.71. The summed E-state index contributed by atoms with van der Waals surface area (Å²) in [5, 5.41) is 9.98. The van der Waals surface area contributed by atoms with E-state index in [0.717, 1.165) is 17.5 Å². The lowest BCUT2D eigenvalue weighted by atomic mass is 10.0. The van der Waals surface area contributed by atoms with E-state index in [2.05, 4.69) is 0 Å². The van der Waals surface area contributed by atoms with Crippen molar-refractivity contribution in [2.75, 3.05) is 13.7 Å². The Morgan fingerprint density at radius 2 is 2.00 bits per heavy atom. The molecule has 1 aromatic carbocycles. The van der Waals surface area contributed by atoms with Gasteiger partial charge in [-0.1, -0.05) is 31.2 Å². The van der Waals surface area contributed by atoms with Gasteiger partial charge in [0.1, 0.15) is 0 Å². The molecule has 0 bridgehead atoms. The fourth-order valence-corrected chi connectivity index (χ4v) is 1.71. The highest BCUT2D eigenvalue weighted by Crippen LogP contribution is 2.19. The number of methoxy groups -OCH3 is 1. The Kier molecular flexibility index (Phi) is 7.15. The first kappa shape index (κ1) is 15.7. The van der Waals surface area contributed by atoms with Crippen molar-refractivity contribution in [3.05, 3.63) is 35.4 Å². The van der Waals surface area contributed by atoms with Crippen molar-refractivity contribution in [1.82, 2.24) is 0 Å². The second-order valence-corrected chi connectivity index (χ2v) is 4.45. The number of hydrogen-bond donors (Lipinski definition) is 1. The highest BCUT2D eigenvalue weighted by Gasteiger charge is 2.11. The highest BCUT2D eigenvalue weighted by atomic mass is 16.5. The molecule has 1 unspecified atom stereocenters. The van der Waals surface area contributed by atoms with Crippen molar-refractivity contribution >= 4 is 5.97 Å². The quantitative estimate of drug-likeness (QED) is 0.735. The molecule has 0 amide bonds. The number of aliphatic hydroxyl groups excluding tert-OH is 1. The van der Waals surface area contributed by atoms with Crippen LogP contribution < -0.4 is 0 Å². The maximum atomic E-state index is 11.3. The predicted molar refractivity (Wildman–Crippen MR) is 72.6 cm³/mol. The lowest BCUT2D eigenvalue weighted by Gasteiger charge is -2.11. The van der Waals surface area contributed by atoms with E-state index in [-0.39, 0.29) is 12.4 Å². The number of aliphatic hydroxyl groups is 1. The topological polar surface area (TPSA) is 55.8 Å². The van der Waals surface area contributed by atoms with Crippen LogP contribution in [0.25, 0.3) is 0 Å². The fraction of sp³-hybridized carbons (Fsp3) is 0.533. The molecular formula is C15H22O4. The van der Waals surface area contributed by atoms with E-state index in [1.807, 2.05) is 31.2 Å². The number of rotatable bonds is 8. The molecule has 4 heteroatoms. The highest BCUT2D eigenvalue weighted by molar-refractivity contribution is 5.69. The van der Waals surface area contributed by atoms with Crippen LogP contribution in [0.1, 0.15) is 43.4 Å². The summed E-state index contributed by atoms with van der Waals surface area (Å²) >= 11 is 0. The molecule has 0 saturated carbocycles. The van der Waals surface area contributed by atoms with Crippen LogP contribution >= 0.6 is 0 Å². The Bertz CT molecular complexity index is 372. The van der Waals surface area contributed by atoms with Crippen LogP contribution in [0.5, 0.6) is 0 Å². The standard InChI is InChI=1S/C15H22O4/c1-3-10-19-15(17)9-8-14(16)13-6-4-12(5-7-13)11-18-2/h4-7,14,16H,3,8-11H2,1-2H3. The van der Waals surface area contributed by atoms with E-state index < -0.39 is 6.10 Å². The number of hydrogen-bond acceptors (Lipinski definition) is 4. The Morgan fingerprint density at radius 1 is 1.32 bits per heavy atom. The molecule has 106 valence electrons. The van der Waals surface area contributed by atoms with Crippen LogP contribution in [0.2, 0.25) is 0 Å². The van der Waals surface area contributed by atoms with Crippen molar-refractivity contribution < 1.29 is 19.4 Å². The smallest absolute Gasteiger partial charge is 0.305 e. The van der Waals surface area contributed by atoms with Crippen LogP contribution in [0.15, 0.2) is 24.3 Å². The molecule has 0 heterocycles. The first-order valence-electron chi connectivity index (χ1n) is 6.58. The molecule has 0 fully saturated rings. The monoisotopic (exact) mass is 266 g/mol. The van der Waals surface area contributed by atoms with Crippen molar-refractivity contribution in [2.45, 2.75) is 38.9 Å². The van der Waals surface area contributed by atoms with Crippen LogP contribution in [0.3, 0.4) is 0 Å². The molecule has 1 N–H and O–H groups in total. The Labute approximate surface area is 114 Å². The van der Waals surface area contributed by atoms with Crippen LogP contribution in [0.4, 0.5) is 0 Å². The summed E-state index contributed by atoms with van der Waals surface area (Å²) < 4.78 is 9.98. The van der Waals surface area contributed by atoms with E-state index in [4.69, 9.17) is 9.47 Å². The molecule has 0 radical (unpaired) electrons. The lowest BCUT2D eigenvalue weighted by Crippen LogP contribution is -2.08. The van der Waals surface area contributed by atoms with Gasteiger partial charge in [-0.05, 0) is 24.0 Å². The molecule has 0 spiro atoms.